The molecule has 1 atom stereocenters. The molecule has 2 rings (SSSR count). The van der Waals surface area contributed by atoms with Gasteiger partial charge in [0.2, 0.25) is 0 Å². The van der Waals surface area contributed by atoms with Crippen LogP contribution in [0.5, 0.6) is 11.5 Å². The highest BCUT2D eigenvalue weighted by molar-refractivity contribution is 9.10. The second-order valence-corrected chi connectivity index (χ2v) is 5.69. The van der Waals surface area contributed by atoms with Crippen LogP contribution in [-0.2, 0) is 4.79 Å². The van der Waals surface area contributed by atoms with Crippen LogP contribution < -0.4 is 14.8 Å². The van der Waals surface area contributed by atoms with Gasteiger partial charge in [0.05, 0.1) is 0 Å². The molecule has 1 amide bonds. The van der Waals surface area contributed by atoms with Crippen molar-refractivity contribution >= 4 is 27.5 Å². The van der Waals surface area contributed by atoms with Gasteiger partial charge in [-0.1, -0.05) is 15.9 Å². The zero-order valence-electron chi connectivity index (χ0n) is 12.4. The van der Waals surface area contributed by atoms with Crippen LogP contribution in [0.15, 0.2) is 53.0 Å². The van der Waals surface area contributed by atoms with Crippen LogP contribution in [0.3, 0.4) is 0 Å². The summed E-state index contributed by atoms with van der Waals surface area (Å²) in [5, 5.41) is 2.55. The minimum Gasteiger partial charge on any atom is -0.481 e. The van der Waals surface area contributed by atoms with Crippen LogP contribution in [0.4, 0.5) is 18.9 Å². The van der Waals surface area contributed by atoms with Crippen molar-refractivity contribution in [2.45, 2.75) is 19.4 Å². The molecule has 1 N–H and O–H groups in total. The molecule has 0 aliphatic rings. The molecular weight excluding hydrogens is 391 g/mol. The fraction of sp³-hybridized carbons (Fsp3) is 0.188. The van der Waals surface area contributed by atoms with Crippen LogP contribution in [0.1, 0.15) is 6.92 Å². The van der Waals surface area contributed by atoms with Gasteiger partial charge in [0, 0.05) is 10.2 Å². The summed E-state index contributed by atoms with van der Waals surface area (Å²) in [5.74, 6) is -0.267. The van der Waals surface area contributed by atoms with Gasteiger partial charge in [-0.05, 0) is 55.5 Å². The van der Waals surface area contributed by atoms with Crippen molar-refractivity contribution in [1.29, 1.82) is 0 Å². The molecule has 0 aromatic heterocycles. The van der Waals surface area contributed by atoms with Crippen LogP contribution in [0.2, 0.25) is 0 Å². The third-order valence-corrected chi connectivity index (χ3v) is 3.38. The molecule has 2 aromatic rings. The standard InChI is InChI=1S/C16H13BrF3NO3/c1-10(23-13-6-2-11(17)3-7-13)15(22)21-12-4-8-14(9-5-12)24-16(18,19)20/h2-10H,1H3,(H,21,22)/t10-/m0/s1. The molecule has 0 fully saturated rings. The SMILES string of the molecule is C[C@H](Oc1ccc(Br)cc1)C(=O)Nc1ccc(OC(F)(F)F)cc1. The van der Waals surface area contributed by atoms with Gasteiger partial charge in [-0.2, -0.15) is 0 Å². The summed E-state index contributed by atoms with van der Waals surface area (Å²) in [6.45, 7) is 1.57. The first-order valence-electron chi connectivity index (χ1n) is 6.82. The molecule has 0 saturated heterocycles. The van der Waals surface area contributed by atoms with Crippen LogP contribution in [0, 0.1) is 0 Å². The van der Waals surface area contributed by atoms with E-state index in [9.17, 15) is 18.0 Å². The molecule has 4 nitrogen and oxygen atoms in total. The number of ether oxygens (including phenoxy) is 2. The van der Waals surface area contributed by atoms with E-state index < -0.39 is 18.4 Å². The maximum absolute atomic E-state index is 12.1. The number of hydrogen-bond acceptors (Lipinski definition) is 3. The summed E-state index contributed by atoms with van der Waals surface area (Å²) in [4.78, 5) is 12.0. The summed E-state index contributed by atoms with van der Waals surface area (Å²) in [7, 11) is 0. The first-order valence-corrected chi connectivity index (χ1v) is 7.61. The second kappa shape index (κ2) is 7.57. The van der Waals surface area contributed by atoms with Crippen molar-refractivity contribution in [1.82, 2.24) is 0 Å². The van der Waals surface area contributed by atoms with Crippen molar-refractivity contribution in [3.63, 3.8) is 0 Å². The van der Waals surface area contributed by atoms with E-state index in [1.807, 2.05) is 0 Å². The number of carbonyl (C=O) groups is 1. The third kappa shape index (κ3) is 5.77. The summed E-state index contributed by atoms with van der Waals surface area (Å²) >= 11 is 3.29. The van der Waals surface area contributed by atoms with E-state index in [1.165, 1.54) is 12.1 Å². The average molecular weight is 404 g/mol. The normalized spacial score (nSPS) is 12.4. The van der Waals surface area contributed by atoms with Crippen molar-refractivity contribution < 1.29 is 27.4 Å². The Bertz CT molecular complexity index is 687. The Morgan fingerprint density at radius 2 is 1.58 bits per heavy atom. The lowest BCUT2D eigenvalue weighted by molar-refractivity contribution is -0.274. The monoisotopic (exact) mass is 403 g/mol. The molecule has 8 heteroatoms. The molecule has 0 saturated carbocycles. The number of alkyl halides is 3. The Hall–Kier alpha value is -2.22. The molecule has 0 radical (unpaired) electrons. The number of carbonyl (C=O) groups excluding carboxylic acids is 1. The smallest absolute Gasteiger partial charge is 0.481 e. The highest BCUT2D eigenvalue weighted by atomic mass is 79.9. The van der Waals surface area contributed by atoms with E-state index in [0.717, 1.165) is 16.6 Å². The molecule has 0 aliphatic heterocycles. The molecule has 0 heterocycles. The van der Waals surface area contributed by atoms with E-state index in [-0.39, 0.29) is 5.75 Å². The maximum Gasteiger partial charge on any atom is 0.573 e. The van der Waals surface area contributed by atoms with Crippen LogP contribution >= 0.6 is 15.9 Å². The lowest BCUT2D eigenvalue weighted by atomic mass is 10.2. The zero-order valence-corrected chi connectivity index (χ0v) is 14.0. The predicted octanol–water partition coefficient (Wildman–Crippen LogP) is 4.75. The van der Waals surface area contributed by atoms with Gasteiger partial charge in [-0.25, -0.2) is 0 Å². The van der Waals surface area contributed by atoms with Gasteiger partial charge in [-0.3, -0.25) is 4.79 Å². The molecule has 0 unspecified atom stereocenters. The van der Waals surface area contributed by atoms with E-state index in [0.29, 0.717) is 11.4 Å². The number of amides is 1. The Balaban J connectivity index is 1.92. The molecule has 2 aromatic carbocycles. The fourth-order valence-electron chi connectivity index (χ4n) is 1.75. The van der Waals surface area contributed by atoms with Crippen LogP contribution in [0.25, 0.3) is 0 Å². The molecular formula is C16H13BrF3NO3. The maximum atomic E-state index is 12.1. The number of hydrogen-bond donors (Lipinski definition) is 1. The van der Waals surface area contributed by atoms with E-state index >= 15 is 0 Å². The zero-order chi connectivity index (χ0) is 17.7. The van der Waals surface area contributed by atoms with Crippen molar-refractivity contribution in [2.75, 3.05) is 5.32 Å². The quantitative estimate of drug-likeness (QED) is 0.783. The average Bonchev–Trinajstić information content (AvgIpc) is 2.50. The van der Waals surface area contributed by atoms with Gasteiger partial charge in [-0.15, -0.1) is 13.2 Å². The number of halogens is 4. The topological polar surface area (TPSA) is 47.6 Å². The molecule has 0 aliphatic carbocycles. The van der Waals surface area contributed by atoms with Gasteiger partial charge in [0.25, 0.3) is 5.91 Å². The third-order valence-electron chi connectivity index (χ3n) is 2.85. The lowest BCUT2D eigenvalue weighted by Gasteiger charge is -2.15. The summed E-state index contributed by atoms with van der Waals surface area (Å²) in [6.07, 6.45) is -5.53. The Kier molecular flexibility index (Phi) is 5.71. The summed E-state index contributed by atoms with van der Waals surface area (Å²) < 4.78 is 46.4. The highest BCUT2D eigenvalue weighted by Gasteiger charge is 2.31. The van der Waals surface area contributed by atoms with Crippen molar-refractivity contribution in [3.05, 3.63) is 53.0 Å². The van der Waals surface area contributed by atoms with Crippen molar-refractivity contribution in [2.24, 2.45) is 0 Å². The van der Waals surface area contributed by atoms with E-state index in [2.05, 4.69) is 26.0 Å². The minimum absolute atomic E-state index is 0.334. The highest BCUT2D eigenvalue weighted by Crippen LogP contribution is 2.24. The largest absolute Gasteiger partial charge is 0.573 e. The van der Waals surface area contributed by atoms with Gasteiger partial charge >= 0.3 is 6.36 Å². The predicted molar refractivity (Wildman–Crippen MR) is 86.0 cm³/mol. The number of benzene rings is 2. The van der Waals surface area contributed by atoms with Crippen molar-refractivity contribution in [3.8, 4) is 11.5 Å². The number of anilines is 1. The van der Waals surface area contributed by atoms with Gasteiger partial charge < -0.3 is 14.8 Å². The fourth-order valence-corrected chi connectivity index (χ4v) is 2.02. The molecule has 24 heavy (non-hydrogen) atoms. The molecule has 0 bridgehead atoms. The molecule has 128 valence electrons. The van der Waals surface area contributed by atoms with Gasteiger partial charge in [0.15, 0.2) is 6.10 Å². The van der Waals surface area contributed by atoms with Crippen LogP contribution in [-0.4, -0.2) is 18.4 Å². The number of nitrogens with one attached hydrogen (secondary N) is 1. The second-order valence-electron chi connectivity index (χ2n) is 4.78. The van der Waals surface area contributed by atoms with E-state index in [1.54, 1.807) is 31.2 Å². The molecule has 0 spiro atoms. The lowest BCUT2D eigenvalue weighted by Crippen LogP contribution is -2.30. The Morgan fingerprint density at radius 3 is 2.12 bits per heavy atom. The first kappa shape index (κ1) is 18.1. The summed E-state index contributed by atoms with van der Waals surface area (Å²) in [6, 6.07) is 11.8. The summed E-state index contributed by atoms with van der Waals surface area (Å²) in [5.41, 5.74) is 0.334. The Morgan fingerprint density at radius 1 is 1.04 bits per heavy atom. The first-order chi connectivity index (χ1) is 11.2. The van der Waals surface area contributed by atoms with E-state index in [4.69, 9.17) is 4.74 Å². The minimum atomic E-state index is -4.75. The van der Waals surface area contributed by atoms with Gasteiger partial charge in [0.1, 0.15) is 11.5 Å². The number of rotatable bonds is 5. The Labute approximate surface area is 144 Å².